The molecule has 4 heteroatoms. The van der Waals surface area contributed by atoms with Crippen LogP contribution in [0.25, 0.3) is 0 Å². The van der Waals surface area contributed by atoms with Crippen molar-refractivity contribution in [2.45, 2.75) is 39.9 Å². The highest BCUT2D eigenvalue weighted by Gasteiger charge is 2.24. The number of rotatable bonds is 6. The van der Waals surface area contributed by atoms with Crippen LogP contribution in [0.15, 0.2) is 48.5 Å². The van der Waals surface area contributed by atoms with E-state index in [0.717, 1.165) is 22.1 Å². The molecule has 0 fully saturated rings. The lowest BCUT2D eigenvalue weighted by molar-refractivity contribution is 0.242. The van der Waals surface area contributed by atoms with E-state index in [4.69, 9.17) is 9.47 Å². The van der Waals surface area contributed by atoms with Crippen LogP contribution in [0.5, 0.6) is 11.5 Å². The topological polar surface area (TPSA) is 35.5 Å². The molecule has 2 rings (SSSR count). The first-order valence-corrected chi connectivity index (χ1v) is 8.72. The molecule has 22 heavy (non-hydrogen) atoms. The molecule has 0 aliphatic carbocycles. The van der Waals surface area contributed by atoms with Gasteiger partial charge < -0.3 is 9.47 Å². The lowest BCUT2D eigenvalue weighted by Crippen LogP contribution is -2.11. The third kappa shape index (κ3) is 4.57. The Hall–Kier alpha value is -1.86. The smallest absolute Gasteiger partial charge is 0.415 e. The van der Waals surface area contributed by atoms with E-state index in [-0.39, 0.29) is 12.2 Å². The highest BCUT2D eigenvalue weighted by Crippen LogP contribution is 2.24. The Bertz CT molecular complexity index is 595. The predicted octanol–water partition coefficient (Wildman–Crippen LogP) is 4.04. The van der Waals surface area contributed by atoms with Gasteiger partial charge in [0.1, 0.15) is 11.5 Å². The monoisotopic (exact) mass is 317 g/mol. The van der Waals surface area contributed by atoms with Crippen LogP contribution < -0.4 is 20.1 Å². The molecule has 0 N–H and O–H groups in total. The standard InChI is InChI=1S/C18H22O3P/c1-13(2)20-15-7-5-9-17(11-15)22(19)18-10-6-8-16(12-18)21-14(3)4/h5-14H,1-4H3/q+1. The third-order valence-corrected chi connectivity index (χ3v) is 4.34. The van der Waals surface area contributed by atoms with Crippen LogP contribution in [0, 0.1) is 0 Å². The van der Waals surface area contributed by atoms with Gasteiger partial charge in [-0.15, -0.1) is 0 Å². The second-order valence-electron chi connectivity index (χ2n) is 5.62. The summed E-state index contributed by atoms with van der Waals surface area (Å²) in [6.07, 6.45) is 0.187. The first-order chi connectivity index (χ1) is 10.5. The zero-order valence-electron chi connectivity index (χ0n) is 13.4. The number of hydrogen-bond acceptors (Lipinski definition) is 3. The first kappa shape index (κ1) is 16.5. The summed E-state index contributed by atoms with van der Waals surface area (Å²) in [6, 6.07) is 14.9. The summed E-state index contributed by atoms with van der Waals surface area (Å²) in [5, 5.41) is 1.52. The zero-order valence-corrected chi connectivity index (χ0v) is 14.3. The quantitative estimate of drug-likeness (QED) is 0.754. The molecule has 2 aromatic carbocycles. The molecule has 0 amide bonds. The normalized spacial score (nSPS) is 10.8. The van der Waals surface area contributed by atoms with Gasteiger partial charge in [-0.3, -0.25) is 0 Å². The maximum Gasteiger partial charge on any atom is 0.415 e. The van der Waals surface area contributed by atoms with E-state index in [9.17, 15) is 4.57 Å². The van der Waals surface area contributed by atoms with Gasteiger partial charge in [-0.05, 0) is 52.0 Å². The summed E-state index contributed by atoms with van der Waals surface area (Å²) < 4.78 is 24.1. The Labute approximate surface area is 133 Å². The Morgan fingerprint density at radius 3 is 1.55 bits per heavy atom. The van der Waals surface area contributed by atoms with Gasteiger partial charge in [0.2, 0.25) is 0 Å². The Balaban J connectivity index is 2.24. The van der Waals surface area contributed by atoms with Gasteiger partial charge in [0, 0.05) is 12.1 Å². The summed E-state index contributed by atoms with van der Waals surface area (Å²) in [5.74, 6) is 1.48. The van der Waals surface area contributed by atoms with E-state index >= 15 is 0 Å². The van der Waals surface area contributed by atoms with Crippen molar-refractivity contribution in [2.24, 2.45) is 0 Å². The number of ether oxygens (including phenoxy) is 2. The van der Waals surface area contributed by atoms with E-state index in [0.29, 0.717) is 0 Å². The average molecular weight is 317 g/mol. The molecule has 0 unspecified atom stereocenters. The molecule has 0 spiro atoms. The SMILES string of the molecule is CC(C)Oc1cccc([P+](=O)c2cccc(OC(C)C)c2)c1. The van der Waals surface area contributed by atoms with Gasteiger partial charge in [-0.25, -0.2) is 0 Å². The van der Waals surface area contributed by atoms with Crippen molar-refractivity contribution in [3.8, 4) is 11.5 Å². The van der Waals surface area contributed by atoms with E-state index in [1.165, 1.54) is 0 Å². The molecule has 0 aliphatic heterocycles. The Morgan fingerprint density at radius 1 is 0.773 bits per heavy atom. The van der Waals surface area contributed by atoms with Crippen molar-refractivity contribution in [2.75, 3.05) is 0 Å². The minimum atomic E-state index is -1.66. The molecular weight excluding hydrogens is 295 g/mol. The molecule has 116 valence electrons. The lowest BCUT2D eigenvalue weighted by atomic mass is 10.3. The third-order valence-electron chi connectivity index (χ3n) is 2.85. The van der Waals surface area contributed by atoms with Crippen LogP contribution in [-0.4, -0.2) is 12.2 Å². The van der Waals surface area contributed by atoms with Crippen LogP contribution >= 0.6 is 7.80 Å². The van der Waals surface area contributed by atoms with Crippen molar-refractivity contribution in [1.29, 1.82) is 0 Å². The Morgan fingerprint density at radius 2 is 1.18 bits per heavy atom. The maximum absolute atomic E-state index is 12.8. The summed E-state index contributed by atoms with van der Waals surface area (Å²) >= 11 is 0. The van der Waals surface area contributed by atoms with Gasteiger partial charge in [0.05, 0.1) is 12.2 Å². The Kier molecular flexibility index (Phi) is 5.57. The molecule has 3 nitrogen and oxygen atoms in total. The largest absolute Gasteiger partial charge is 0.491 e. The van der Waals surface area contributed by atoms with Crippen LogP contribution in [0.1, 0.15) is 27.7 Å². The lowest BCUT2D eigenvalue weighted by Gasteiger charge is -2.09. The molecule has 0 aliphatic rings. The molecule has 0 radical (unpaired) electrons. The van der Waals surface area contributed by atoms with Gasteiger partial charge in [0.25, 0.3) is 0 Å². The maximum atomic E-state index is 12.8. The summed E-state index contributed by atoms with van der Waals surface area (Å²) in [6.45, 7) is 7.89. The second-order valence-corrected chi connectivity index (χ2v) is 7.24. The fourth-order valence-corrected chi connectivity index (χ4v) is 3.29. The molecule has 2 aromatic rings. The van der Waals surface area contributed by atoms with Crippen LogP contribution in [0.4, 0.5) is 0 Å². The van der Waals surface area contributed by atoms with Gasteiger partial charge in [-0.2, -0.15) is 0 Å². The van der Waals surface area contributed by atoms with Gasteiger partial charge >= 0.3 is 7.80 Å². The van der Waals surface area contributed by atoms with Crippen molar-refractivity contribution < 1.29 is 14.0 Å². The summed E-state index contributed by atoms with van der Waals surface area (Å²) in [5.41, 5.74) is 0. The molecule has 0 atom stereocenters. The summed E-state index contributed by atoms with van der Waals surface area (Å²) in [4.78, 5) is 0. The van der Waals surface area contributed by atoms with Crippen molar-refractivity contribution >= 4 is 18.4 Å². The van der Waals surface area contributed by atoms with Crippen molar-refractivity contribution in [3.63, 3.8) is 0 Å². The van der Waals surface area contributed by atoms with Gasteiger partial charge in [0.15, 0.2) is 10.6 Å². The van der Waals surface area contributed by atoms with Crippen LogP contribution in [-0.2, 0) is 4.57 Å². The van der Waals surface area contributed by atoms with Gasteiger partial charge in [-0.1, -0.05) is 16.7 Å². The molecule has 0 aromatic heterocycles. The fraction of sp³-hybridized carbons (Fsp3) is 0.333. The second kappa shape index (κ2) is 7.42. The molecule has 0 bridgehead atoms. The molecular formula is C18H22O3P+. The first-order valence-electron chi connectivity index (χ1n) is 7.46. The number of benzene rings is 2. The van der Waals surface area contributed by atoms with E-state index in [1.54, 1.807) is 0 Å². The van der Waals surface area contributed by atoms with E-state index < -0.39 is 7.80 Å². The fourth-order valence-electron chi connectivity index (χ4n) is 2.06. The predicted molar refractivity (Wildman–Crippen MR) is 91.3 cm³/mol. The van der Waals surface area contributed by atoms with Crippen LogP contribution in [0.2, 0.25) is 0 Å². The highest BCUT2D eigenvalue weighted by atomic mass is 31.1. The van der Waals surface area contributed by atoms with E-state index in [1.807, 2.05) is 76.2 Å². The van der Waals surface area contributed by atoms with Crippen molar-refractivity contribution in [1.82, 2.24) is 0 Å². The highest BCUT2D eigenvalue weighted by molar-refractivity contribution is 7.61. The molecule has 0 saturated carbocycles. The average Bonchev–Trinajstić information content (AvgIpc) is 2.45. The molecule has 0 saturated heterocycles. The van der Waals surface area contributed by atoms with Crippen LogP contribution in [0.3, 0.4) is 0 Å². The molecule has 0 heterocycles. The zero-order chi connectivity index (χ0) is 16.1. The minimum absolute atomic E-state index is 0.0934. The van der Waals surface area contributed by atoms with Crippen molar-refractivity contribution in [3.05, 3.63) is 48.5 Å². The number of hydrogen-bond donors (Lipinski definition) is 0. The minimum Gasteiger partial charge on any atom is -0.491 e. The van der Waals surface area contributed by atoms with E-state index in [2.05, 4.69) is 0 Å². The summed E-state index contributed by atoms with van der Waals surface area (Å²) in [7, 11) is -1.66.